The molecule has 0 aromatic rings. The lowest BCUT2D eigenvalue weighted by molar-refractivity contribution is -0.161. The van der Waals surface area contributed by atoms with Crippen molar-refractivity contribution in [1.29, 1.82) is 0 Å². The van der Waals surface area contributed by atoms with E-state index in [-0.39, 0.29) is 25.7 Å². The van der Waals surface area contributed by atoms with Crippen LogP contribution >= 0.6 is 15.6 Å². The minimum atomic E-state index is -5.00. The zero-order valence-electron chi connectivity index (χ0n) is 68.6. The molecular weight excluding hydrogens is 1430 g/mol. The van der Waals surface area contributed by atoms with Gasteiger partial charge in [-0.25, -0.2) is 9.13 Å². The van der Waals surface area contributed by atoms with Gasteiger partial charge < -0.3 is 33.8 Å². The normalized spacial score (nSPS) is 14.6. The molecule has 110 heavy (non-hydrogen) atoms. The molecule has 0 heterocycles. The van der Waals surface area contributed by atoms with Crippen LogP contribution in [0.3, 0.4) is 0 Å². The molecular formula is C91H150O17P2. The molecule has 3 N–H and O–H groups in total. The highest BCUT2D eigenvalue weighted by Gasteiger charge is 2.30. The number of phosphoric ester groups is 2. The van der Waals surface area contributed by atoms with Crippen LogP contribution in [0.4, 0.5) is 0 Å². The lowest BCUT2D eigenvalue weighted by Crippen LogP contribution is -2.30. The Balaban J connectivity index is 5.41. The third kappa shape index (κ3) is 80.5. The van der Waals surface area contributed by atoms with E-state index in [2.05, 4.69) is 198 Å². The zero-order chi connectivity index (χ0) is 80.3. The van der Waals surface area contributed by atoms with E-state index in [0.29, 0.717) is 25.7 Å². The van der Waals surface area contributed by atoms with E-state index in [0.717, 1.165) is 244 Å². The number of allylic oxidation sites excluding steroid dienone is 28. The van der Waals surface area contributed by atoms with Crippen molar-refractivity contribution in [2.24, 2.45) is 0 Å². The average Bonchev–Trinajstić information content (AvgIpc) is 0.942. The number of ether oxygens (including phenoxy) is 4. The number of hydrogen-bond donors (Lipinski definition) is 3. The largest absolute Gasteiger partial charge is 0.472 e. The van der Waals surface area contributed by atoms with E-state index in [9.17, 15) is 43.2 Å². The molecule has 0 aliphatic carbocycles. The fraction of sp³-hybridized carbons (Fsp3) is 0.648. The summed E-state index contributed by atoms with van der Waals surface area (Å²) in [6, 6.07) is 0. The Labute approximate surface area is 667 Å². The third-order valence-electron chi connectivity index (χ3n) is 17.1. The number of hydrogen-bond acceptors (Lipinski definition) is 15. The molecule has 0 aromatic carbocycles. The SMILES string of the molecule is CC/C=C\C/C=C\C/C=C\C/C=C\CCCCCCCCC(=O)OCC(COP(=O)(O)OCC(O)COP(=O)(O)OCC(COC(=O)CCCCCCCC/C=C\C/C=C\C/C=C\C/C=C\CC)OC(=O)CCCCCCCC/C=C\C/C=C\C/C=C\C/C=C\CC)OC(=O)CCCCCCC/C=C\C/C=C\CCC. The quantitative estimate of drug-likeness (QED) is 0.0169. The van der Waals surface area contributed by atoms with Crippen LogP contribution in [0.15, 0.2) is 170 Å². The lowest BCUT2D eigenvalue weighted by atomic mass is 10.1. The maximum absolute atomic E-state index is 13.1. The van der Waals surface area contributed by atoms with Crippen molar-refractivity contribution in [1.82, 2.24) is 0 Å². The second-order valence-corrected chi connectivity index (χ2v) is 30.5. The highest BCUT2D eigenvalue weighted by molar-refractivity contribution is 7.47. The molecule has 0 saturated carbocycles. The maximum atomic E-state index is 13.1. The first-order valence-electron chi connectivity index (χ1n) is 42.4. The van der Waals surface area contributed by atoms with E-state index in [1.807, 2.05) is 0 Å². The summed E-state index contributed by atoms with van der Waals surface area (Å²) < 4.78 is 68.8. The molecule has 0 amide bonds. The van der Waals surface area contributed by atoms with Gasteiger partial charge in [0.05, 0.1) is 26.4 Å². The molecule has 0 aliphatic rings. The standard InChI is InChI=1S/C91H150O17P2/c1-5-9-13-17-21-25-29-33-36-39-42-45-48-52-55-59-63-67-71-75-88(93)101-81-86(107-90(95)77-73-69-65-61-57-51-32-28-24-20-16-12-8-4)83-105-109(97,98)103-79-85(92)80-104-110(99,100)106-84-87(108-91(96)78-74-70-66-62-58-54-50-47-44-41-38-35-31-27-23-19-15-11-7-3)82-102-89(94)76-72-68-64-60-56-53-49-46-43-40-37-34-30-26-22-18-14-10-6-2/h9-11,13-16,20-23,25-28,32-38,42-47,85-87,92H,5-8,12,17-19,24,29-31,39-41,48-84H2,1-4H3,(H,97,98)(H,99,100)/b13-9-,14-10-,15-11-,20-16-,25-21-,26-22-,27-23-,32-28-,36-33-,37-34-,38-35-,45-42-,46-43-,47-44-. The zero-order valence-corrected chi connectivity index (χ0v) is 70.4. The number of aliphatic hydroxyl groups is 1. The molecule has 0 spiro atoms. The fourth-order valence-electron chi connectivity index (χ4n) is 10.8. The first kappa shape index (κ1) is 104. The Morgan fingerprint density at radius 3 is 0.727 bits per heavy atom. The van der Waals surface area contributed by atoms with Crippen LogP contribution in [-0.4, -0.2) is 96.7 Å². The van der Waals surface area contributed by atoms with E-state index in [1.165, 1.54) is 0 Å². The van der Waals surface area contributed by atoms with E-state index >= 15 is 0 Å². The summed E-state index contributed by atoms with van der Waals surface area (Å²) in [5.74, 6) is -2.24. The number of aliphatic hydroxyl groups excluding tert-OH is 1. The molecule has 0 rings (SSSR count). The van der Waals surface area contributed by atoms with Crippen molar-refractivity contribution in [2.75, 3.05) is 39.6 Å². The van der Waals surface area contributed by atoms with Crippen LogP contribution in [0.1, 0.15) is 323 Å². The number of esters is 4. The molecule has 0 saturated heterocycles. The van der Waals surface area contributed by atoms with Crippen LogP contribution in [-0.2, 0) is 65.4 Å². The lowest BCUT2D eigenvalue weighted by Gasteiger charge is -2.21. The summed E-state index contributed by atoms with van der Waals surface area (Å²) in [6.07, 6.45) is 97.4. The summed E-state index contributed by atoms with van der Waals surface area (Å²) in [4.78, 5) is 73.3. The van der Waals surface area contributed by atoms with Crippen molar-refractivity contribution in [3.05, 3.63) is 170 Å². The van der Waals surface area contributed by atoms with Gasteiger partial charge in [-0.15, -0.1) is 0 Å². The van der Waals surface area contributed by atoms with Crippen molar-refractivity contribution >= 4 is 39.5 Å². The Hall–Kier alpha value is -5.58. The second-order valence-electron chi connectivity index (χ2n) is 27.6. The van der Waals surface area contributed by atoms with Crippen molar-refractivity contribution in [2.45, 2.75) is 341 Å². The molecule has 17 nitrogen and oxygen atoms in total. The molecule has 0 aliphatic heterocycles. The van der Waals surface area contributed by atoms with Gasteiger partial charge in [0.1, 0.15) is 19.3 Å². The first-order valence-corrected chi connectivity index (χ1v) is 45.4. The average molecular weight is 1580 g/mol. The Morgan fingerprint density at radius 1 is 0.264 bits per heavy atom. The smallest absolute Gasteiger partial charge is 0.462 e. The number of unbranched alkanes of at least 4 members (excludes halogenated alkanes) is 24. The molecule has 0 bridgehead atoms. The summed E-state index contributed by atoms with van der Waals surface area (Å²) in [5, 5.41) is 10.7. The summed E-state index contributed by atoms with van der Waals surface area (Å²) in [7, 11) is -9.99. The Kier molecular flexibility index (Phi) is 77.3. The number of rotatable bonds is 78. The molecule has 5 unspecified atom stereocenters. The van der Waals surface area contributed by atoms with Crippen molar-refractivity contribution in [3.63, 3.8) is 0 Å². The molecule has 5 atom stereocenters. The molecule has 0 radical (unpaired) electrons. The van der Waals surface area contributed by atoms with Crippen molar-refractivity contribution < 1.29 is 80.2 Å². The van der Waals surface area contributed by atoms with Crippen LogP contribution in [0.2, 0.25) is 0 Å². The maximum Gasteiger partial charge on any atom is 0.472 e. The van der Waals surface area contributed by atoms with E-state index in [1.54, 1.807) is 0 Å². The summed E-state index contributed by atoms with van der Waals surface area (Å²) in [6.45, 7) is 4.42. The van der Waals surface area contributed by atoms with Crippen molar-refractivity contribution in [3.8, 4) is 0 Å². The van der Waals surface area contributed by atoms with Gasteiger partial charge in [0.15, 0.2) is 12.2 Å². The number of carbonyl (C=O) groups excluding carboxylic acids is 4. The number of carbonyl (C=O) groups is 4. The van der Waals surface area contributed by atoms with Gasteiger partial charge in [0.25, 0.3) is 0 Å². The van der Waals surface area contributed by atoms with Crippen LogP contribution in [0, 0.1) is 0 Å². The van der Waals surface area contributed by atoms with Gasteiger partial charge in [0.2, 0.25) is 0 Å². The Morgan fingerprint density at radius 2 is 0.473 bits per heavy atom. The minimum Gasteiger partial charge on any atom is -0.462 e. The third-order valence-corrected chi connectivity index (χ3v) is 19.0. The monoisotopic (exact) mass is 1580 g/mol. The van der Waals surface area contributed by atoms with Crippen LogP contribution in [0.5, 0.6) is 0 Å². The van der Waals surface area contributed by atoms with Crippen LogP contribution in [0.25, 0.3) is 0 Å². The predicted octanol–water partition coefficient (Wildman–Crippen LogP) is 25.3. The molecule has 0 aromatic heterocycles. The van der Waals surface area contributed by atoms with Gasteiger partial charge in [-0.05, 0) is 167 Å². The molecule has 626 valence electrons. The highest BCUT2D eigenvalue weighted by Crippen LogP contribution is 2.45. The summed E-state index contributed by atoms with van der Waals surface area (Å²) >= 11 is 0. The molecule has 19 heteroatoms. The highest BCUT2D eigenvalue weighted by atomic mass is 31.2. The van der Waals surface area contributed by atoms with Crippen LogP contribution < -0.4 is 0 Å². The fourth-order valence-corrected chi connectivity index (χ4v) is 12.4. The second kappa shape index (κ2) is 81.4. The minimum absolute atomic E-state index is 0.0693. The van der Waals surface area contributed by atoms with Gasteiger partial charge in [-0.2, -0.15) is 0 Å². The van der Waals surface area contributed by atoms with Gasteiger partial charge in [-0.1, -0.05) is 301 Å². The Bertz CT molecular complexity index is 2750. The molecule has 0 fully saturated rings. The first-order chi connectivity index (χ1) is 53.7. The van der Waals surface area contributed by atoms with Gasteiger partial charge in [0, 0.05) is 25.7 Å². The van der Waals surface area contributed by atoms with Gasteiger partial charge in [-0.3, -0.25) is 37.3 Å². The topological polar surface area (TPSA) is 237 Å². The predicted molar refractivity (Wildman–Crippen MR) is 454 cm³/mol. The number of phosphoric acid groups is 2. The van der Waals surface area contributed by atoms with E-state index in [4.69, 9.17) is 37.0 Å². The van der Waals surface area contributed by atoms with Gasteiger partial charge >= 0.3 is 39.5 Å². The van der Waals surface area contributed by atoms with E-state index < -0.39 is 97.5 Å². The summed E-state index contributed by atoms with van der Waals surface area (Å²) in [5.41, 5.74) is 0.